The van der Waals surface area contributed by atoms with Gasteiger partial charge in [-0.3, -0.25) is 0 Å². The zero-order valence-corrected chi connectivity index (χ0v) is 4.85. The molecule has 1 aliphatic heterocycles. The van der Waals surface area contributed by atoms with Gasteiger partial charge in [-0.1, -0.05) is 5.10 Å². The summed E-state index contributed by atoms with van der Waals surface area (Å²) in [5.74, 6) is 0.345. The highest BCUT2D eigenvalue weighted by Crippen LogP contribution is 2.12. The molecular formula is C4H3N5O. The van der Waals surface area contributed by atoms with Crippen LogP contribution in [-0.4, -0.2) is 20.6 Å². The summed E-state index contributed by atoms with van der Waals surface area (Å²) in [4.78, 5) is 4.81. The van der Waals surface area contributed by atoms with E-state index in [9.17, 15) is 0 Å². The van der Waals surface area contributed by atoms with Crippen molar-refractivity contribution in [3.8, 4) is 5.88 Å². The number of rotatable bonds is 0. The molecule has 2 rings (SSSR count). The van der Waals surface area contributed by atoms with Gasteiger partial charge in [0.05, 0.1) is 0 Å². The van der Waals surface area contributed by atoms with Gasteiger partial charge in [0.1, 0.15) is 0 Å². The molecule has 1 aromatic heterocycles. The predicted molar refractivity (Wildman–Crippen MR) is 30.4 cm³/mol. The highest BCUT2D eigenvalue weighted by atomic mass is 16.7. The minimum atomic E-state index is 0.345. The first-order valence-corrected chi connectivity index (χ1v) is 2.62. The normalized spacial score (nSPS) is 13.2. The molecule has 50 valence electrons. The molecule has 0 saturated carbocycles. The van der Waals surface area contributed by atoms with Crippen LogP contribution in [-0.2, 0) is 0 Å². The van der Waals surface area contributed by atoms with Gasteiger partial charge in [0.2, 0.25) is 0 Å². The molecular weight excluding hydrogens is 134 g/mol. The minimum Gasteiger partial charge on any atom is -0.358 e. The Morgan fingerprint density at radius 1 is 1.30 bits per heavy atom. The molecule has 2 heterocycles. The van der Waals surface area contributed by atoms with Crippen molar-refractivity contribution in [2.45, 2.75) is 0 Å². The SMILES string of the molecule is C1=Cc2nnnnc2ON1. The molecule has 1 aliphatic rings. The van der Waals surface area contributed by atoms with Gasteiger partial charge in [0.25, 0.3) is 5.88 Å². The number of hydrogen-bond donors (Lipinski definition) is 1. The van der Waals surface area contributed by atoms with Crippen LogP contribution >= 0.6 is 0 Å². The third-order valence-electron chi connectivity index (χ3n) is 1.01. The van der Waals surface area contributed by atoms with E-state index < -0.39 is 0 Å². The second kappa shape index (κ2) is 1.90. The second-order valence-corrected chi connectivity index (χ2v) is 1.62. The molecule has 1 N–H and O–H groups in total. The number of hydrogen-bond acceptors (Lipinski definition) is 6. The lowest BCUT2D eigenvalue weighted by Gasteiger charge is -2.06. The molecule has 0 spiro atoms. The molecule has 0 aliphatic carbocycles. The monoisotopic (exact) mass is 137 g/mol. The van der Waals surface area contributed by atoms with Crippen LogP contribution in [0, 0.1) is 0 Å². The predicted octanol–water partition coefficient (Wildman–Crippen LogP) is -0.866. The molecule has 6 heteroatoms. The summed E-state index contributed by atoms with van der Waals surface area (Å²) < 4.78 is 0. The summed E-state index contributed by atoms with van der Waals surface area (Å²) in [6.07, 6.45) is 3.29. The molecule has 0 aromatic carbocycles. The molecule has 0 saturated heterocycles. The quantitative estimate of drug-likeness (QED) is 0.501. The fraction of sp³-hybridized carbons (Fsp3) is 0. The molecule has 0 bridgehead atoms. The smallest absolute Gasteiger partial charge is 0.293 e. The maximum Gasteiger partial charge on any atom is 0.293 e. The van der Waals surface area contributed by atoms with Crippen molar-refractivity contribution in [2.24, 2.45) is 0 Å². The van der Waals surface area contributed by atoms with Crippen LogP contribution < -0.4 is 10.3 Å². The van der Waals surface area contributed by atoms with Crippen LogP contribution in [0.3, 0.4) is 0 Å². The molecule has 1 aromatic rings. The van der Waals surface area contributed by atoms with E-state index in [0.717, 1.165) is 0 Å². The van der Waals surface area contributed by atoms with Gasteiger partial charge in [-0.25, -0.2) is 5.48 Å². The zero-order chi connectivity index (χ0) is 6.81. The molecule has 0 radical (unpaired) electrons. The summed E-state index contributed by atoms with van der Waals surface area (Å²) in [6, 6.07) is 0. The van der Waals surface area contributed by atoms with E-state index in [1.807, 2.05) is 0 Å². The number of hydroxylamine groups is 1. The topological polar surface area (TPSA) is 72.8 Å². The Kier molecular flexibility index (Phi) is 0.970. The highest BCUT2D eigenvalue weighted by molar-refractivity contribution is 5.49. The van der Waals surface area contributed by atoms with E-state index >= 15 is 0 Å². The van der Waals surface area contributed by atoms with Gasteiger partial charge in [-0.2, -0.15) is 0 Å². The van der Waals surface area contributed by atoms with Gasteiger partial charge in [-0.05, 0) is 16.5 Å². The minimum absolute atomic E-state index is 0.345. The Balaban J connectivity index is 2.54. The van der Waals surface area contributed by atoms with E-state index in [1.54, 1.807) is 12.3 Å². The van der Waals surface area contributed by atoms with Crippen molar-refractivity contribution in [3.63, 3.8) is 0 Å². The van der Waals surface area contributed by atoms with Crippen molar-refractivity contribution >= 4 is 6.08 Å². The summed E-state index contributed by atoms with van der Waals surface area (Å²) in [5.41, 5.74) is 3.07. The lowest BCUT2D eigenvalue weighted by Crippen LogP contribution is -2.17. The fourth-order valence-corrected chi connectivity index (χ4v) is 0.603. The fourth-order valence-electron chi connectivity index (χ4n) is 0.603. The Labute approximate surface area is 55.9 Å². The molecule has 0 atom stereocenters. The van der Waals surface area contributed by atoms with Crippen LogP contribution in [0.15, 0.2) is 6.20 Å². The van der Waals surface area contributed by atoms with Crippen LogP contribution in [0.25, 0.3) is 6.08 Å². The van der Waals surface area contributed by atoms with Gasteiger partial charge in [0, 0.05) is 6.20 Å². The van der Waals surface area contributed by atoms with Crippen molar-refractivity contribution in [2.75, 3.05) is 0 Å². The van der Waals surface area contributed by atoms with E-state index in [4.69, 9.17) is 4.84 Å². The molecule has 6 nitrogen and oxygen atoms in total. The van der Waals surface area contributed by atoms with Crippen molar-refractivity contribution in [1.29, 1.82) is 0 Å². The summed E-state index contributed by atoms with van der Waals surface area (Å²) >= 11 is 0. The molecule has 0 fully saturated rings. The number of nitrogens with zero attached hydrogens (tertiary/aromatic N) is 4. The number of fused-ring (bicyclic) bond motifs is 1. The van der Waals surface area contributed by atoms with E-state index in [0.29, 0.717) is 11.6 Å². The molecule has 0 unspecified atom stereocenters. The van der Waals surface area contributed by atoms with E-state index in [-0.39, 0.29) is 0 Å². The lowest BCUT2D eigenvalue weighted by molar-refractivity contribution is 0.221. The van der Waals surface area contributed by atoms with Gasteiger partial charge < -0.3 is 4.84 Å². The highest BCUT2D eigenvalue weighted by Gasteiger charge is 2.07. The van der Waals surface area contributed by atoms with Gasteiger partial charge in [-0.15, -0.1) is 5.10 Å². The van der Waals surface area contributed by atoms with Crippen molar-refractivity contribution in [1.82, 2.24) is 26.1 Å². The first kappa shape index (κ1) is 5.10. The Morgan fingerprint density at radius 3 is 3.10 bits per heavy atom. The van der Waals surface area contributed by atoms with Crippen LogP contribution in [0.5, 0.6) is 5.88 Å². The maximum atomic E-state index is 4.81. The lowest BCUT2D eigenvalue weighted by atomic mass is 10.4. The molecule has 10 heavy (non-hydrogen) atoms. The average molecular weight is 137 g/mol. The standard InChI is InChI=1S/C4H3N5O/c1-2-5-10-4-3(1)6-8-9-7-4/h1-2,5H. The average Bonchev–Trinajstić information content (AvgIpc) is 2.05. The van der Waals surface area contributed by atoms with Crippen LogP contribution in [0.1, 0.15) is 5.69 Å². The first-order valence-electron chi connectivity index (χ1n) is 2.62. The van der Waals surface area contributed by atoms with Crippen molar-refractivity contribution < 1.29 is 4.84 Å². The maximum absolute atomic E-state index is 4.81. The summed E-state index contributed by atoms with van der Waals surface area (Å²) in [7, 11) is 0. The number of aromatic nitrogens is 4. The Bertz CT molecular complexity index is 272. The Morgan fingerprint density at radius 2 is 2.20 bits per heavy atom. The third-order valence-corrected chi connectivity index (χ3v) is 1.01. The van der Waals surface area contributed by atoms with Gasteiger partial charge >= 0.3 is 0 Å². The van der Waals surface area contributed by atoms with Crippen LogP contribution in [0.2, 0.25) is 0 Å². The van der Waals surface area contributed by atoms with Crippen molar-refractivity contribution in [3.05, 3.63) is 11.9 Å². The summed E-state index contributed by atoms with van der Waals surface area (Å²) in [5, 5.41) is 13.8. The van der Waals surface area contributed by atoms with Crippen LogP contribution in [0.4, 0.5) is 0 Å². The van der Waals surface area contributed by atoms with Gasteiger partial charge in [0.15, 0.2) is 5.69 Å². The largest absolute Gasteiger partial charge is 0.358 e. The van der Waals surface area contributed by atoms with E-state index in [2.05, 4.69) is 26.1 Å². The molecule has 0 amide bonds. The second-order valence-electron chi connectivity index (χ2n) is 1.62. The van der Waals surface area contributed by atoms with E-state index in [1.165, 1.54) is 0 Å². The number of nitrogens with one attached hydrogen (secondary N) is 1. The third kappa shape index (κ3) is 0.661. The summed E-state index contributed by atoms with van der Waals surface area (Å²) in [6.45, 7) is 0. The zero-order valence-electron chi connectivity index (χ0n) is 4.85. The Hall–Kier alpha value is -1.72. The first-order chi connectivity index (χ1) is 4.97.